The van der Waals surface area contributed by atoms with Crippen molar-refractivity contribution in [1.82, 2.24) is 5.32 Å². The number of anilines is 1. The Morgan fingerprint density at radius 1 is 1.40 bits per heavy atom. The number of carbonyl (C=O) groups excluding carboxylic acids is 2. The Hall–Kier alpha value is -1.91. The Bertz CT molecular complexity index is 559. The van der Waals surface area contributed by atoms with Crippen molar-refractivity contribution in [3.63, 3.8) is 0 Å². The van der Waals surface area contributed by atoms with Crippen LogP contribution >= 0.6 is 0 Å². The lowest BCUT2D eigenvalue weighted by molar-refractivity contribution is -0.129. The maximum absolute atomic E-state index is 13.7. The van der Waals surface area contributed by atoms with Crippen molar-refractivity contribution in [1.29, 1.82) is 0 Å². The monoisotopic (exact) mass is 278 g/mol. The SMILES string of the molecule is CCC1(C)NC(=O)CCN(c2ccc(C)c(F)c2)C1=O. The summed E-state index contributed by atoms with van der Waals surface area (Å²) in [6.07, 6.45) is 0.708. The second kappa shape index (κ2) is 5.23. The first-order valence-electron chi connectivity index (χ1n) is 6.76. The minimum absolute atomic E-state index is 0.155. The van der Waals surface area contributed by atoms with Crippen molar-refractivity contribution < 1.29 is 14.0 Å². The molecule has 0 spiro atoms. The lowest BCUT2D eigenvalue weighted by Crippen LogP contribution is -2.54. The van der Waals surface area contributed by atoms with E-state index in [-0.39, 0.29) is 30.6 Å². The summed E-state index contributed by atoms with van der Waals surface area (Å²) in [4.78, 5) is 25.9. The number of benzene rings is 1. The van der Waals surface area contributed by atoms with Crippen LogP contribution in [0, 0.1) is 12.7 Å². The number of rotatable bonds is 2. The predicted octanol–water partition coefficient (Wildman–Crippen LogP) is 2.16. The molecule has 1 aliphatic rings. The van der Waals surface area contributed by atoms with Crippen LogP contribution in [0.25, 0.3) is 0 Å². The van der Waals surface area contributed by atoms with Gasteiger partial charge in [0.2, 0.25) is 5.91 Å². The van der Waals surface area contributed by atoms with Crippen LogP contribution in [0.15, 0.2) is 18.2 Å². The number of nitrogens with one attached hydrogen (secondary N) is 1. The molecule has 108 valence electrons. The summed E-state index contributed by atoms with van der Waals surface area (Å²) in [5, 5.41) is 2.76. The van der Waals surface area contributed by atoms with E-state index in [0.717, 1.165) is 0 Å². The van der Waals surface area contributed by atoms with Gasteiger partial charge in [0.15, 0.2) is 0 Å². The largest absolute Gasteiger partial charge is 0.342 e. The highest BCUT2D eigenvalue weighted by Gasteiger charge is 2.39. The molecule has 0 bridgehead atoms. The van der Waals surface area contributed by atoms with Gasteiger partial charge in [0.25, 0.3) is 5.91 Å². The second-order valence-electron chi connectivity index (χ2n) is 5.37. The van der Waals surface area contributed by atoms with E-state index in [1.165, 1.54) is 11.0 Å². The van der Waals surface area contributed by atoms with Crippen molar-refractivity contribution in [2.45, 2.75) is 39.2 Å². The lowest BCUT2D eigenvalue weighted by atomic mass is 9.97. The zero-order valence-electron chi connectivity index (χ0n) is 12.0. The Morgan fingerprint density at radius 2 is 2.10 bits per heavy atom. The molecule has 0 saturated carbocycles. The second-order valence-corrected chi connectivity index (χ2v) is 5.37. The van der Waals surface area contributed by atoms with Gasteiger partial charge in [-0.2, -0.15) is 0 Å². The average Bonchev–Trinajstić information content (AvgIpc) is 2.52. The standard InChI is InChI=1S/C15H19FN2O2/c1-4-15(3)14(20)18(8-7-13(19)17-15)11-6-5-10(2)12(16)9-11/h5-6,9H,4,7-8H2,1-3H3,(H,17,19). The molecule has 4 nitrogen and oxygen atoms in total. The topological polar surface area (TPSA) is 49.4 Å². The van der Waals surface area contributed by atoms with Crippen LogP contribution in [0.4, 0.5) is 10.1 Å². The Kier molecular flexibility index (Phi) is 3.79. The normalized spacial score (nSPS) is 23.5. The van der Waals surface area contributed by atoms with Gasteiger partial charge in [-0.25, -0.2) is 4.39 Å². The van der Waals surface area contributed by atoms with Gasteiger partial charge in [0.1, 0.15) is 11.4 Å². The molecule has 1 atom stereocenters. The van der Waals surface area contributed by atoms with E-state index in [4.69, 9.17) is 0 Å². The summed E-state index contributed by atoms with van der Waals surface area (Å²) in [5.41, 5.74) is 0.0901. The average molecular weight is 278 g/mol. The molecule has 0 radical (unpaired) electrons. The Morgan fingerprint density at radius 3 is 2.70 bits per heavy atom. The number of nitrogens with zero attached hydrogens (tertiary/aromatic N) is 1. The van der Waals surface area contributed by atoms with Crippen LogP contribution in [0.5, 0.6) is 0 Å². The van der Waals surface area contributed by atoms with Gasteiger partial charge in [-0.15, -0.1) is 0 Å². The highest BCUT2D eigenvalue weighted by Crippen LogP contribution is 2.25. The van der Waals surface area contributed by atoms with Crippen molar-refractivity contribution in [3.8, 4) is 0 Å². The van der Waals surface area contributed by atoms with E-state index in [1.54, 1.807) is 26.0 Å². The zero-order chi connectivity index (χ0) is 14.9. The number of halogens is 1. The molecule has 20 heavy (non-hydrogen) atoms. The molecule has 1 aliphatic heterocycles. The first-order chi connectivity index (χ1) is 9.37. The third-order valence-corrected chi connectivity index (χ3v) is 3.87. The number of hydrogen-bond donors (Lipinski definition) is 1. The number of hydrogen-bond acceptors (Lipinski definition) is 2. The van der Waals surface area contributed by atoms with Gasteiger partial charge in [0, 0.05) is 18.7 Å². The molecular formula is C15H19FN2O2. The van der Waals surface area contributed by atoms with Gasteiger partial charge in [-0.3, -0.25) is 9.59 Å². The minimum atomic E-state index is -0.936. The fourth-order valence-electron chi connectivity index (χ4n) is 2.27. The van der Waals surface area contributed by atoms with Crippen LogP contribution in [-0.4, -0.2) is 23.9 Å². The molecule has 0 aromatic heterocycles. The number of aryl methyl sites for hydroxylation is 1. The fraction of sp³-hybridized carbons (Fsp3) is 0.467. The maximum Gasteiger partial charge on any atom is 0.252 e. The van der Waals surface area contributed by atoms with E-state index in [9.17, 15) is 14.0 Å². The third kappa shape index (κ3) is 2.53. The zero-order valence-corrected chi connectivity index (χ0v) is 12.0. The lowest BCUT2D eigenvalue weighted by Gasteiger charge is -2.31. The van der Waals surface area contributed by atoms with Crippen LogP contribution in [0.3, 0.4) is 0 Å². The Labute approximate surface area is 118 Å². The predicted molar refractivity (Wildman–Crippen MR) is 74.9 cm³/mol. The molecule has 5 heteroatoms. The summed E-state index contributed by atoms with van der Waals surface area (Å²) >= 11 is 0. The number of carbonyl (C=O) groups is 2. The quantitative estimate of drug-likeness (QED) is 0.901. The number of amides is 2. The van der Waals surface area contributed by atoms with Crippen molar-refractivity contribution in [3.05, 3.63) is 29.6 Å². The van der Waals surface area contributed by atoms with Gasteiger partial charge >= 0.3 is 0 Å². The van der Waals surface area contributed by atoms with E-state index in [1.807, 2.05) is 6.92 Å². The van der Waals surface area contributed by atoms with Crippen LogP contribution in [0.1, 0.15) is 32.3 Å². The molecule has 1 N–H and O–H groups in total. The van der Waals surface area contributed by atoms with Crippen LogP contribution in [0.2, 0.25) is 0 Å². The van der Waals surface area contributed by atoms with Crippen molar-refractivity contribution in [2.24, 2.45) is 0 Å². The summed E-state index contributed by atoms with van der Waals surface area (Å²) < 4.78 is 13.7. The summed E-state index contributed by atoms with van der Waals surface area (Å²) in [6.45, 7) is 5.49. The Balaban J connectivity index is 2.41. The molecule has 1 saturated heterocycles. The van der Waals surface area contributed by atoms with E-state index >= 15 is 0 Å². The minimum Gasteiger partial charge on any atom is -0.342 e. The van der Waals surface area contributed by atoms with Gasteiger partial charge in [-0.05, 0) is 38.0 Å². The summed E-state index contributed by atoms with van der Waals surface area (Å²) in [7, 11) is 0. The molecule has 1 fully saturated rings. The third-order valence-electron chi connectivity index (χ3n) is 3.87. The van der Waals surface area contributed by atoms with Crippen molar-refractivity contribution in [2.75, 3.05) is 11.4 Å². The molecule has 1 aromatic carbocycles. The van der Waals surface area contributed by atoms with E-state index in [2.05, 4.69) is 5.32 Å². The molecule has 0 aliphatic carbocycles. The van der Waals surface area contributed by atoms with E-state index < -0.39 is 5.54 Å². The summed E-state index contributed by atoms with van der Waals surface area (Å²) in [6, 6.07) is 4.70. The fourth-order valence-corrected chi connectivity index (χ4v) is 2.27. The van der Waals surface area contributed by atoms with Crippen LogP contribution < -0.4 is 10.2 Å². The molecule has 2 amide bonds. The highest BCUT2D eigenvalue weighted by atomic mass is 19.1. The van der Waals surface area contributed by atoms with Gasteiger partial charge < -0.3 is 10.2 Å². The van der Waals surface area contributed by atoms with Gasteiger partial charge in [0.05, 0.1) is 0 Å². The van der Waals surface area contributed by atoms with E-state index in [0.29, 0.717) is 17.7 Å². The molecule has 1 unspecified atom stereocenters. The van der Waals surface area contributed by atoms with Crippen molar-refractivity contribution >= 4 is 17.5 Å². The maximum atomic E-state index is 13.7. The first kappa shape index (κ1) is 14.5. The molecule has 1 aromatic rings. The molecule has 1 heterocycles. The highest BCUT2D eigenvalue weighted by molar-refractivity contribution is 6.03. The molecular weight excluding hydrogens is 259 g/mol. The smallest absolute Gasteiger partial charge is 0.252 e. The molecule has 2 rings (SSSR count). The van der Waals surface area contributed by atoms with Crippen LogP contribution in [-0.2, 0) is 9.59 Å². The van der Waals surface area contributed by atoms with Gasteiger partial charge in [-0.1, -0.05) is 13.0 Å². The summed E-state index contributed by atoms with van der Waals surface area (Å²) in [5.74, 6) is -0.705. The first-order valence-corrected chi connectivity index (χ1v) is 6.76.